The first kappa shape index (κ1) is 28.9. The van der Waals surface area contributed by atoms with Gasteiger partial charge in [-0.15, -0.1) is 0 Å². The molecule has 0 saturated heterocycles. The summed E-state index contributed by atoms with van der Waals surface area (Å²) in [7, 11) is 0. The smallest absolute Gasteiger partial charge is 0.306 e. The number of rotatable bonds is 23. The van der Waals surface area contributed by atoms with E-state index in [-0.39, 0.29) is 18.5 Å². The van der Waals surface area contributed by atoms with Crippen LogP contribution < -0.4 is 0 Å². The molecule has 30 heavy (non-hydrogen) atoms. The van der Waals surface area contributed by atoms with Crippen LogP contribution in [-0.4, -0.2) is 23.1 Å². The lowest BCUT2D eigenvalue weighted by Gasteiger charge is -2.18. The van der Waals surface area contributed by atoms with Gasteiger partial charge in [-0.1, -0.05) is 97.3 Å². The molecule has 4 heteroatoms. The molecule has 0 heterocycles. The molecule has 0 aromatic rings. The average molecular weight is 427 g/mol. The van der Waals surface area contributed by atoms with Gasteiger partial charge in [-0.2, -0.15) is 0 Å². The highest BCUT2D eigenvalue weighted by molar-refractivity contribution is 5.69. The van der Waals surface area contributed by atoms with Gasteiger partial charge in [-0.05, 0) is 38.5 Å². The zero-order chi connectivity index (χ0) is 22.3. The van der Waals surface area contributed by atoms with Crippen molar-refractivity contribution in [3.63, 3.8) is 0 Å². The van der Waals surface area contributed by atoms with Gasteiger partial charge in [-0.3, -0.25) is 9.59 Å². The molecule has 0 bridgehead atoms. The lowest BCUT2D eigenvalue weighted by Crippen LogP contribution is -2.18. The van der Waals surface area contributed by atoms with Crippen LogP contribution >= 0.6 is 0 Å². The molecule has 178 valence electrons. The van der Waals surface area contributed by atoms with Crippen molar-refractivity contribution in [2.24, 2.45) is 0 Å². The highest BCUT2D eigenvalue weighted by Crippen LogP contribution is 2.17. The van der Waals surface area contributed by atoms with E-state index in [0.29, 0.717) is 12.8 Å². The van der Waals surface area contributed by atoms with Crippen LogP contribution in [0.15, 0.2) is 0 Å². The van der Waals surface area contributed by atoms with E-state index in [1.165, 1.54) is 70.6 Å². The first-order valence-electron chi connectivity index (χ1n) is 13.0. The van der Waals surface area contributed by atoms with Crippen molar-refractivity contribution in [2.75, 3.05) is 0 Å². The molecule has 1 N–H and O–H groups in total. The maximum atomic E-state index is 12.3. The number of aliphatic carboxylic acids is 1. The van der Waals surface area contributed by atoms with E-state index in [1.54, 1.807) is 0 Å². The van der Waals surface area contributed by atoms with Crippen molar-refractivity contribution in [1.29, 1.82) is 0 Å². The van der Waals surface area contributed by atoms with E-state index < -0.39 is 5.97 Å². The minimum atomic E-state index is -0.728. The van der Waals surface area contributed by atoms with Crippen LogP contribution in [-0.2, 0) is 14.3 Å². The lowest BCUT2D eigenvalue weighted by molar-refractivity contribution is -0.150. The molecule has 0 aliphatic heterocycles. The zero-order valence-corrected chi connectivity index (χ0v) is 20.1. The van der Waals surface area contributed by atoms with Crippen LogP contribution in [0.4, 0.5) is 0 Å². The predicted molar refractivity (Wildman–Crippen MR) is 126 cm³/mol. The number of hydrogen-bond acceptors (Lipinski definition) is 3. The normalized spacial score (nSPS) is 12.1. The predicted octanol–water partition coefficient (Wildman–Crippen LogP) is 8.21. The Morgan fingerprint density at radius 1 is 0.600 bits per heavy atom. The Morgan fingerprint density at radius 2 is 1.00 bits per heavy atom. The van der Waals surface area contributed by atoms with E-state index in [4.69, 9.17) is 9.84 Å². The van der Waals surface area contributed by atoms with E-state index in [9.17, 15) is 9.59 Å². The summed E-state index contributed by atoms with van der Waals surface area (Å²) in [6, 6.07) is 0. The fourth-order valence-electron chi connectivity index (χ4n) is 3.89. The van der Waals surface area contributed by atoms with Crippen LogP contribution in [0, 0.1) is 0 Å². The van der Waals surface area contributed by atoms with Gasteiger partial charge < -0.3 is 9.84 Å². The number of esters is 1. The van der Waals surface area contributed by atoms with Crippen molar-refractivity contribution in [1.82, 2.24) is 0 Å². The zero-order valence-electron chi connectivity index (χ0n) is 20.1. The Hall–Kier alpha value is -1.06. The van der Waals surface area contributed by atoms with Gasteiger partial charge in [0, 0.05) is 12.8 Å². The summed E-state index contributed by atoms with van der Waals surface area (Å²) in [6.07, 6.45) is 22.6. The first-order valence-corrected chi connectivity index (χ1v) is 13.0. The van der Waals surface area contributed by atoms with E-state index in [0.717, 1.165) is 44.9 Å². The van der Waals surface area contributed by atoms with Crippen molar-refractivity contribution < 1.29 is 19.4 Å². The summed E-state index contributed by atoms with van der Waals surface area (Å²) < 4.78 is 5.79. The number of carboxylic acids is 1. The summed E-state index contributed by atoms with van der Waals surface area (Å²) in [5, 5.41) is 8.73. The lowest BCUT2D eigenvalue weighted by atomic mass is 10.0. The number of carbonyl (C=O) groups is 2. The summed E-state index contributed by atoms with van der Waals surface area (Å²) in [4.78, 5) is 22.9. The Balaban J connectivity index is 3.87. The quantitative estimate of drug-likeness (QED) is 0.132. The molecule has 0 saturated carbocycles. The van der Waals surface area contributed by atoms with Gasteiger partial charge in [0.1, 0.15) is 6.10 Å². The fraction of sp³-hybridized carbons (Fsp3) is 0.923. The fourth-order valence-corrected chi connectivity index (χ4v) is 3.89. The third-order valence-corrected chi connectivity index (χ3v) is 5.83. The summed E-state index contributed by atoms with van der Waals surface area (Å²) in [5.41, 5.74) is 0. The Labute approximate surface area is 186 Å². The van der Waals surface area contributed by atoms with Crippen molar-refractivity contribution in [2.45, 2.75) is 155 Å². The third-order valence-electron chi connectivity index (χ3n) is 5.83. The molecule has 1 unspecified atom stereocenters. The molecule has 0 amide bonds. The first-order chi connectivity index (χ1) is 14.6. The summed E-state index contributed by atoms with van der Waals surface area (Å²) in [6.45, 7) is 4.45. The number of ether oxygens (including phenoxy) is 1. The summed E-state index contributed by atoms with van der Waals surface area (Å²) >= 11 is 0. The van der Waals surface area contributed by atoms with Crippen LogP contribution in [0.5, 0.6) is 0 Å². The van der Waals surface area contributed by atoms with Gasteiger partial charge in [0.25, 0.3) is 0 Å². The van der Waals surface area contributed by atoms with E-state index in [2.05, 4.69) is 13.8 Å². The van der Waals surface area contributed by atoms with Crippen LogP contribution in [0.3, 0.4) is 0 Å². The van der Waals surface area contributed by atoms with Crippen molar-refractivity contribution in [3.05, 3.63) is 0 Å². The minimum Gasteiger partial charge on any atom is -0.481 e. The molecule has 0 radical (unpaired) electrons. The van der Waals surface area contributed by atoms with Crippen LogP contribution in [0.1, 0.15) is 149 Å². The highest BCUT2D eigenvalue weighted by Gasteiger charge is 2.14. The van der Waals surface area contributed by atoms with Crippen molar-refractivity contribution in [3.8, 4) is 0 Å². The number of carboxylic acid groups (broad SMARTS) is 1. The second-order valence-electron chi connectivity index (χ2n) is 8.89. The molecule has 0 aliphatic carbocycles. The van der Waals surface area contributed by atoms with Crippen LogP contribution in [0.25, 0.3) is 0 Å². The topological polar surface area (TPSA) is 63.6 Å². The van der Waals surface area contributed by atoms with Gasteiger partial charge in [0.05, 0.1) is 0 Å². The molecule has 0 aromatic heterocycles. The minimum absolute atomic E-state index is 0.0160. The molecule has 4 nitrogen and oxygen atoms in total. The second-order valence-corrected chi connectivity index (χ2v) is 8.89. The van der Waals surface area contributed by atoms with Gasteiger partial charge >= 0.3 is 11.9 Å². The Morgan fingerprint density at radius 3 is 1.50 bits per heavy atom. The summed E-state index contributed by atoms with van der Waals surface area (Å²) in [5.74, 6) is -0.769. The van der Waals surface area contributed by atoms with Gasteiger partial charge in [-0.25, -0.2) is 0 Å². The number of unbranched alkanes of at least 4 members (excludes halogenated alkanes) is 14. The molecule has 0 aromatic carbocycles. The van der Waals surface area contributed by atoms with Crippen LogP contribution in [0.2, 0.25) is 0 Å². The molecule has 0 rings (SSSR count). The van der Waals surface area contributed by atoms with E-state index in [1.807, 2.05) is 0 Å². The Kier molecular flexibility index (Phi) is 21.8. The van der Waals surface area contributed by atoms with E-state index >= 15 is 0 Å². The molecule has 1 atom stereocenters. The molecule has 0 aliphatic rings. The molecular weight excluding hydrogens is 376 g/mol. The van der Waals surface area contributed by atoms with Gasteiger partial charge in [0.2, 0.25) is 0 Å². The third kappa shape index (κ3) is 21.6. The van der Waals surface area contributed by atoms with Gasteiger partial charge in [0.15, 0.2) is 0 Å². The monoisotopic (exact) mass is 426 g/mol. The Bertz CT molecular complexity index is 394. The standard InChI is InChI=1S/C26H50O4/c1-3-5-7-9-10-11-12-13-14-19-23-26(29)30-24(20-16-8-6-4-2)21-17-15-18-22-25(27)28/h24H,3-23H2,1-2H3,(H,27,28). The van der Waals surface area contributed by atoms with Crippen molar-refractivity contribution >= 4 is 11.9 Å². The average Bonchev–Trinajstić information content (AvgIpc) is 2.71. The second kappa shape index (κ2) is 22.6. The number of carbonyl (C=O) groups excluding carboxylic acids is 1. The number of hydrogen-bond donors (Lipinski definition) is 1. The molecule has 0 fully saturated rings. The SMILES string of the molecule is CCCCCCCCCCCCC(=O)OC(CCCCCC)CCCCCC(=O)O. The largest absolute Gasteiger partial charge is 0.481 e. The molecular formula is C26H50O4. The highest BCUT2D eigenvalue weighted by atomic mass is 16.5. The maximum Gasteiger partial charge on any atom is 0.306 e. The molecule has 0 spiro atoms. The maximum absolute atomic E-state index is 12.3.